The molecule has 0 aliphatic carbocycles. The quantitative estimate of drug-likeness (QED) is 0.837. The lowest BCUT2D eigenvalue weighted by atomic mass is 10.2. The molecule has 0 bridgehead atoms. The molecular weight excluding hydrogens is 314 g/mol. The average Bonchev–Trinajstić information content (AvgIpc) is 2.77. The van der Waals surface area contributed by atoms with E-state index >= 15 is 0 Å². The van der Waals surface area contributed by atoms with Crippen LogP contribution in [0.15, 0.2) is 34.3 Å². The molecule has 1 aromatic heterocycles. The van der Waals surface area contributed by atoms with Gasteiger partial charge in [0, 0.05) is 22.5 Å². The van der Waals surface area contributed by atoms with E-state index in [4.69, 9.17) is 10.7 Å². The number of hydrogen-bond donors (Lipinski definition) is 1. The Morgan fingerprint density at radius 1 is 1.21 bits per heavy atom. The summed E-state index contributed by atoms with van der Waals surface area (Å²) in [4.78, 5) is 3.78. The average molecular weight is 322 g/mol. The van der Waals surface area contributed by atoms with Crippen LogP contribution in [0, 0.1) is 0 Å². The van der Waals surface area contributed by atoms with E-state index < -0.39 is 24.0 Å². The lowest BCUT2D eigenvalue weighted by Crippen LogP contribution is -1.97. The monoisotopic (exact) mass is 321 g/mol. The van der Waals surface area contributed by atoms with Gasteiger partial charge in [0.1, 0.15) is 0 Å². The van der Waals surface area contributed by atoms with E-state index in [1.54, 1.807) is 6.07 Å². The van der Waals surface area contributed by atoms with Crippen molar-refractivity contribution in [1.82, 2.24) is 15.2 Å². The van der Waals surface area contributed by atoms with Crippen LogP contribution in [0.1, 0.15) is 0 Å². The van der Waals surface area contributed by atoms with Crippen LogP contribution in [0.4, 0.5) is 0 Å². The summed E-state index contributed by atoms with van der Waals surface area (Å²) in [5.74, 6) is 0.0460. The number of halogens is 1. The van der Waals surface area contributed by atoms with Crippen molar-refractivity contribution in [3.8, 4) is 11.4 Å². The second kappa shape index (κ2) is 4.58. The Labute approximate surface area is 114 Å². The molecule has 10 heteroatoms. The summed E-state index contributed by atoms with van der Waals surface area (Å²) in [5.41, 5.74) is 0.366. The Kier molecular flexibility index (Phi) is 3.37. The van der Waals surface area contributed by atoms with Crippen LogP contribution in [0.25, 0.3) is 11.4 Å². The lowest BCUT2D eigenvalue weighted by molar-refractivity contribution is 0.600. The molecular formula is C9H8ClN3O4S2. The van der Waals surface area contributed by atoms with E-state index in [0.29, 0.717) is 5.56 Å². The van der Waals surface area contributed by atoms with Crippen LogP contribution in [0.5, 0.6) is 0 Å². The number of sulfone groups is 1. The predicted octanol–water partition coefficient (Wildman–Crippen LogP) is 0.803. The smallest absolute Gasteiger partial charge is 0.248 e. The number of benzene rings is 1. The lowest BCUT2D eigenvalue weighted by Gasteiger charge is -1.99. The number of hydrogen-bond acceptors (Lipinski definition) is 6. The molecule has 0 spiro atoms. The molecule has 19 heavy (non-hydrogen) atoms. The summed E-state index contributed by atoms with van der Waals surface area (Å²) in [6.07, 6.45) is 1.07. The summed E-state index contributed by atoms with van der Waals surface area (Å²) < 4.78 is 44.9. The Bertz CT molecular complexity index is 827. The maximum Gasteiger partial charge on any atom is 0.296 e. The first-order valence-corrected chi connectivity index (χ1v) is 9.05. The van der Waals surface area contributed by atoms with Gasteiger partial charge in [-0.25, -0.2) is 21.9 Å². The Morgan fingerprint density at radius 3 is 2.42 bits per heavy atom. The topological polar surface area (TPSA) is 110 Å². The fraction of sp³-hybridized carbons (Fsp3) is 0.111. The van der Waals surface area contributed by atoms with Crippen molar-refractivity contribution in [3.63, 3.8) is 0 Å². The predicted molar refractivity (Wildman–Crippen MR) is 68.0 cm³/mol. The van der Waals surface area contributed by atoms with Crippen LogP contribution in [0.2, 0.25) is 0 Å². The third-order valence-electron chi connectivity index (χ3n) is 2.22. The van der Waals surface area contributed by atoms with Crippen LogP contribution >= 0.6 is 10.7 Å². The molecule has 1 heterocycles. The molecule has 1 aromatic carbocycles. The third-order valence-corrected chi connectivity index (χ3v) is 4.41. The van der Waals surface area contributed by atoms with Gasteiger partial charge in [-0.15, -0.1) is 0 Å². The van der Waals surface area contributed by atoms with Crippen LogP contribution in [0.3, 0.4) is 0 Å². The van der Waals surface area contributed by atoms with Gasteiger partial charge in [0.05, 0.1) is 4.90 Å². The standard InChI is InChI=1S/C9H8ClN3O4S2/c1-18(14,15)7-4-2-3-6(5-7)8-11-9(13-12-8)19(10,16)17/h2-5H,1H3,(H,11,12,13). The largest absolute Gasteiger partial charge is 0.296 e. The van der Waals surface area contributed by atoms with Gasteiger partial charge >= 0.3 is 0 Å². The number of rotatable bonds is 3. The number of nitrogens with one attached hydrogen (secondary N) is 1. The molecule has 0 unspecified atom stereocenters. The van der Waals surface area contributed by atoms with Crippen LogP contribution in [-0.4, -0.2) is 38.3 Å². The van der Waals surface area contributed by atoms with Crippen molar-refractivity contribution in [1.29, 1.82) is 0 Å². The van der Waals surface area contributed by atoms with Gasteiger partial charge < -0.3 is 0 Å². The summed E-state index contributed by atoms with van der Waals surface area (Å²) >= 11 is 0. The highest BCUT2D eigenvalue weighted by molar-refractivity contribution is 8.13. The van der Waals surface area contributed by atoms with E-state index in [1.165, 1.54) is 18.2 Å². The molecule has 2 aromatic rings. The third kappa shape index (κ3) is 3.11. The Morgan fingerprint density at radius 2 is 1.89 bits per heavy atom. The highest BCUT2D eigenvalue weighted by Gasteiger charge is 2.17. The second-order valence-corrected chi connectivity index (χ2v) is 8.20. The number of aromatic nitrogens is 3. The number of nitrogens with zero attached hydrogens (tertiary/aromatic N) is 2. The molecule has 0 saturated heterocycles. The summed E-state index contributed by atoms with van der Waals surface area (Å²) in [6, 6.07) is 5.84. The van der Waals surface area contributed by atoms with Crippen LogP contribution < -0.4 is 0 Å². The zero-order valence-corrected chi connectivity index (χ0v) is 11.9. The molecule has 0 radical (unpaired) electrons. The van der Waals surface area contributed by atoms with E-state index in [9.17, 15) is 16.8 Å². The van der Waals surface area contributed by atoms with Crippen LogP contribution in [-0.2, 0) is 18.9 Å². The molecule has 0 atom stereocenters. The van der Waals surface area contributed by atoms with E-state index in [-0.39, 0.29) is 10.7 Å². The zero-order chi connectivity index (χ0) is 14.3. The molecule has 0 aliphatic rings. The second-order valence-electron chi connectivity index (χ2n) is 3.70. The first-order valence-electron chi connectivity index (χ1n) is 4.85. The first kappa shape index (κ1) is 14.0. The Balaban J connectivity index is 2.52. The van der Waals surface area contributed by atoms with Crippen molar-refractivity contribution in [2.24, 2.45) is 0 Å². The van der Waals surface area contributed by atoms with E-state index in [2.05, 4.69) is 15.2 Å². The maximum atomic E-state index is 11.4. The van der Waals surface area contributed by atoms with Crippen molar-refractivity contribution in [2.75, 3.05) is 6.26 Å². The van der Waals surface area contributed by atoms with Crippen molar-refractivity contribution in [3.05, 3.63) is 24.3 Å². The summed E-state index contributed by atoms with van der Waals surface area (Å²) in [7, 11) is -2.26. The summed E-state index contributed by atoms with van der Waals surface area (Å²) in [6.45, 7) is 0. The molecule has 102 valence electrons. The minimum absolute atomic E-state index is 0.0460. The van der Waals surface area contributed by atoms with Gasteiger partial charge in [0.2, 0.25) is 0 Å². The fourth-order valence-corrected chi connectivity index (χ4v) is 2.57. The SMILES string of the molecule is CS(=O)(=O)c1cccc(-c2n[nH]c(S(=O)(=O)Cl)n2)c1. The van der Waals surface area contributed by atoms with Crippen molar-refractivity contribution in [2.45, 2.75) is 10.1 Å². The first-order chi connectivity index (χ1) is 8.68. The highest BCUT2D eigenvalue weighted by Crippen LogP contribution is 2.20. The van der Waals surface area contributed by atoms with Gasteiger partial charge in [0.25, 0.3) is 14.2 Å². The number of H-pyrrole nitrogens is 1. The molecule has 0 saturated carbocycles. The summed E-state index contributed by atoms with van der Waals surface area (Å²) in [5, 5.41) is 5.36. The molecule has 0 fully saturated rings. The minimum Gasteiger partial charge on any atom is -0.248 e. The molecule has 2 rings (SSSR count). The molecule has 0 aliphatic heterocycles. The van der Waals surface area contributed by atoms with Crippen molar-refractivity contribution < 1.29 is 16.8 Å². The Hall–Kier alpha value is -1.45. The zero-order valence-electron chi connectivity index (χ0n) is 9.53. The normalized spacial score (nSPS) is 12.5. The minimum atomic E-state index is -4.00. The molecule has 1 N–H and O–H groups in total. The van der Waals surface area contributed by atoms with Crippen molar-refractivity contribution >= 4 is 29.6 Å². The van der Waals surface area contributed by atoms with Gasteiger partial charge in [-0.2, -0.15) is 10.1 Å². The fourth-order valence-electron chi connectivity index (χ4n) is 1.35. The van der Waals surface area contributed by atoms with Gasteiger partial charge in [-0.3, -0.25) is 0 Å². The van der Waals surface area contributed by atoms with E-state index in [0.717, 1.165) is 6.26 Å². The van der Waals surface area contributed by atoms with Gasteiger partial charge in [0.15, 0.2) is 15.7 Å². The molecule has 7 nitrogen and oxygen atoms in total. The van der Waals surface area contributed by atoms with Gasteiger partial charge in [-0.05, 0) is 12.1 Å². The highest BCUT2D eigenvalue weighted by atomic mass is 35.7. The van der Waals surface area contributed by atoms with E-state index in [1.807, 2.05) is 0 Å². The number of aromatic amines is 1. The van der Waals surface area contributed by atoms with Gasteiger partial charge in [-0.1, -0.05) is 12.1 Å². The molecule has 0 amide bonds. The maximum absolute atomic E-state index is 11.4.